The molecule has 3 aromatic carbocycles. The number of anilines is 2. The molecule has 1 amide bonds. The summed E-state index contributed by atoms with van der Waals surface area (Å²) in [4.78, 5) is 21.6. The van der Waals surface area contributed by atoms with Crippen LogP contribution in [0.25, 0.3) is 10.9 Å². The first-order chi connectivity index (χ1) is 14.1. The van der Waals surface area contributed by atoms with E-state index in [2.05, 4.69) is 20.6 Å². The van der Waals surface area contributed by atoms with Crippen molar-refractivity contribution in [2.24, 2.45) is 0 Å². The number of amides is 1. The number of aryl methyl sites for hydroxylation is 1. The van der Waals surface area contributed by atoms with E-state index in [-0.39, 0.29) is 11.7 Å². The molecule has 0 aliphatic carbocycles. The molecule has 144 valence electrons. The molecule has 0 saturated carbocycles. The minimum absolute atomic E-state index is 0.112. The molecule has 29 heavy (non-hydrogen) atoms. The van der Waals surface area contributed by atoms with Gasteiger partial charge < -0.3 is 10.6 Å². The van der Waals surface area contributed by atoms with Gasteiger partial charge in [-0.2, -0.15) is 0 Å². The van der Waals surface area contributed by atoms with Crippen molar-refractivity contribution in [3.8, 4) is 0 Å². The van der Waals surface area contributed by atoms with Gasteiger partial charge in [0.25, 0.3) is 5.91 Å². The number of rotatable bonds is 5. The van der Waals surface area contributed by atoms with E-state index in [0.29, 0.717) is 22.9 Å². The summed E-state index contributed by atoms with van der Waals surface area (Å²) in [5.41, 5.74) is 3.64. The van der Waals surface area contributed by atoms with Crippen LogP contribution in [0.2, 0.25) is 5.02 Å². The molecule has 0 atom stereocenters. The molecule has 6 heteroatoms. The Bertz CT molecular complexity index is 1190. The standard InChI is InChI=1S/C23H19ClN4O/c1-15-6-4-9-18(12-15)26-21-19-10-2-3-11-20(19)27-22(28-21)23(29)25-14-16-7-5-8-17(24)13-16/h2-13H,14H2,1H3,(H,25,29)(H,26,27,28). The first-order valence-corrected chi connectivity index (χ1v) is 9.59. The highest BCUT2D eigenvalue weighted by atomic mass is 35.5. The predicted octanol–water partition coefficient (Wildman–Crippen LogP) is 5.27. The number of nitrogens with one attached hydrogen (secondary N) is 2. The monoisotopic (exact) mass is 402 g/mol. The summed E-state index contributed by atoms with van der Waals surface area (Å²) in [5.74, 6) is 0.359. The Hall–Kier alpha value is -3.44. The van der Waals surface area contributed by atoms with Gasteiger partial charge in [-0.25, -0.2) is 9.97 Å². The maximum absolute atomic E-state index is 12.7. The van der Waals surface area contributed by atoms with E-state index < -0.39 is 0 Å². The molecule has 0 aliphatic rings. The molecule has 4 rings (SSSR count). The van der Waals surface area contributed by atoms with E-state index in [9.17, 15) is 4.79 Å². The molecule has 4 aromatic rings. The van der Waals surface area contributed by atoms with Gasteiger partial charge in [-0.15, -0.1) is 0 Å². The number of fused-ring (bicyclic) bond motifs is 1. The average Bonchev–Trinajstić information content (AvgIpc) is 2.72. The third-order valence-corrected chi connectivity index (χ3v) is 4.66. The lowest BCUT2D eigenvalue weighted by molar-refractivity contribution is 0.0941. The van der Waals surface area contributed by atoms with Crippen LogP contribution in [-0.4, -0.2) is 15.9 Å². The predicted molar refractivity (Wildman–Crippen MR) is 117 cm³/mol. The van der Waals surface area contributed by atoms with Crippen molar-refractivity contribution in [2.75, 3.05) is 5.32 Å². The maximum Gasteiger partial charge on any atom is 0.289 e. The number of carbonyl (C=O) groups is 1. The van der Waals surface area contributed by atoms with Gasteiger partial charge in [0.1, 0.15) is 5.82 Å². The van der Waals surface area contributed by atoms with Crippen molar-refractivity contribution in [1.29, 1.82) is 0 Å². The highest BCUT2D eigenvalue weighted by molar-refractivity contribution is 6.30. The number of carbonyl (C=O) groups excluding carboxylic acids is 1. The van der Waals surface area contributed by atoms with Crippen LogP contribution in [0.15, 0.2) is 72.8 Å². The Kier molecular flexibility index (Phi) is 5.40. The molecular formula is C23H19ClN4O. The van der Waals surface area contributed by atoms with Gasteiger partial charge in [0.05, 0.1) is 5.52 Å². The van der Waals surface area contributed by atoms with Crippen molar-refractivity contribution in [3.05, 3.63) is 94.8 Å². The minimum atomic E-state index is -0.344. The first-order valence-electron chi connectivity index (χ1n) is 9.21. The highest BCUT2D eigenvalue weighted by Crippen LogP contribution is 2.24. The smallest absolute Gasteiger partial charge is 0.289 e. The van der Waals surface area contributed by atoms with Crippen LogP contribution in [0.5, 0.6) is 0 Å². The van der Waals surface area contributed by atoms with Crippen molar-refractivity contribution in [1.82, 2.24) is 15.3 Å². The third-order valence-electron chi connectivity index (χ3n) is 4.43. The molecule has 0 saturated heterocycles. The van der Waals surface area contributed by atoms with Crippen LogP contribution in [0, 0.1) is 6.92 Å². The zero-order valence-electron chi connectivity index (χ0n) is 15.8. The summed E-state index contributed by atoms with van der Waals surface area (Å²) in [6, 6.07) is 22.9. The van der Waals surface area contributed by atoms with Gasteiger partial charge in [0.2, 0.25) is 5.82 Å². The topological polar surface area (TPSA) is 66.9 Å². The number of halogens is 1. The second-order valence-electron chi connectivity index (χ2n) is 6.72. The molecule has 2 N–H and O–H groups in total. The number of hydrogen-bond acceptors (Lipinski definition) is 4. The molecule has 0 unspecified atom stereocenters. The number of nitrogens with zero attached hydrogens (tertiary/aromatic N) is 2. The van der Waals surface area contributed by atoms with Gasteiger partial charge >= 0.3 is 0 Å². The van der Waals surface area contributed by atoms with Crippen molar-refractivity contribution in [3.63, 3.8) is 0 Å². The Labute approximate surface area is 173 Å². The summed E-state index contributed by atoms with van der Waals surface area (Å²) < 4.78 is 0. The lowest BCUT2D eigenvalue weighted by Crippen LogP contribution is -2.25. The van der Waals surface area contributed by atoms with E-state index in [1.165, 1.54) is 0 Å². The van der Waals surface area contributed by atoms with Crippen LogP contribution in [0.1, 0.15) is 21.7 Å². The fraction of sp³-hybridized carbons (Fsp3) is 0.0870. The lowest BCUT2D eigenvalue weighted by Gasteiger charge is -2.11. The Morgan fingerprint density at radius 1 is 0.966 bits per heavy atom. The summed E-state index contributed by atoms with van der Waals surface area (Å²) in [5, 5.41) is 7.65. The number of para-hydroxylation sites is 1. The maximum atomic E-state index is 12.7. The molecule has 0 aliphatic heterocycles. The van der Waals surface area contributed by atoms with E-state index in [4.69, 9.17) is 11.6 Å². The summed E-state index contributed by atoms with van der Waals surface area (Å²) in [7, 11) is 0. The largest absolute Gasteiger partial charge is 0.345 e. The van der Waals surface area contributed by atoms with Gasteiger partial charge in [0.15, 0.2) is 0 Å². The second-order valence-corrected chi connectivity index (χ2v) is 7.16. The summed E-state index contributed by atoms with van der Waals surface area (Å²) in [6.07, 6.45) is 0. The normalized spacial score (nSPS) is 10.7. The Morgan fingerprint density at radius 2 is 1.79 bits per heavy atom. The number of aromatic nitrogens is 2. The Morgan fingerprint density at radius 3 is 2.62 bits per heavy atom. The van der Waals surface area contributed by atoms with E-state index in [1.807, 2.05) is 73.7 Å². The second kappa shape index (κ2) is 8.29. The van der Waals surface area contributed by atoms with Gasteiger partial charge in [-0.1, -0.05) is 48.0 Å². The van der Waals surface area contributed by atoms with Crippen molar-refractivity contribution in [2.45, 2.75) is 13.5 Å². The van der Waals surface area contributed by atoms with E-state index in [1.54, 1.807) is 6.07 Å². The molecule has 5 nitrogen and oxygen atoms in total. The highest BCUT2D eigenvalue weighted by Gasteiger charge is 2.14. The molecule has 0 bridgehead atoms. The molecule has 1 aromatic heterocycles. The van der Waals surface area contributed by atoms with Crippen LogP contribution >= 0.6 is 11.6 Å². The summed E-state index contributed by atoms with van der Waals surface area (Å²) >= 11 is 6.01. The average molecular weight is 403 g/mol. The van der Waals surface area contributed by atoms with Crippen LogP contribution < -0.4 is 10.6 Å². The number of benzene rings is 3. The fourth-order valence-electron chi connectivity index (χ4n) is 3.04. The van der Waals surface area contributed by atoms with Crippen molar-refractivity contribution >= 4 is 39.9 Å². The minimum Gasteiger partial charge on any atom is -0.345 e. The van der Waals surface area contributed by atoms with E-state index >= 15 is 0 Å². The Balaban J connectivity index is 1.63. The molecule has 0 radical (unpaired) electrons. The molecule has 0 fully saturated rings. The number of hydrogen-bond donors (Lipinski definition) is 2. The fourth-order valence-corrected chi connectivity index (χ4v) is 3.25. The van der Waals surface area contributed by atoms with Crippen LogP contribution in [-0.2, 0) is 6.54 Å². The third kappa shape index (κ3) is 4.52. The van der Waals surface area contributed by atoms with Gasteiger partial charge in [-0.05, 0) is 54.4 Å². The van der Waals surface area contributed by atoms with Crippen molar-refractivity contribution < 1.29 is 4.79 Å². The zero-order valence-corrected chi connectivity index (χ0v) is 16.6. The SMILES string of the molecule is Cc1cccc(Nc2nc(C(=O)NCc3cccc(Cl)c3)nc3ccccc23)c1. The van der Waals surface area contributed by atoms with Crippen LogP contribution in [0.4, 0.5) is 11.5 Å². The molecule has 0 spiro atoms. The van der Waals surface area contributed by atoms with E-state index in [0.717, 1.165) is 22.2 Å². The lowest BCUT2D eigenvalue weighted by atomic mass is 10.2. The zero-order chi connectivity index (χ0) is 20.2. The summed E-state index contributed by atoms with van der Waals surface area (Å²) in [6.45, 7) is 2.37. The van der Waals surface area contributed by atoms with Crippen LogP contribution in [0.3, 0.4) is 0 Å². The molecule has 1 heterocycles. The quantitative estimate of drug-likeness (QED) is 0.477. The molecular weight excluding hydrogens is 384 g/mol. The van der Waals surface area contributed by atoms with Gasteiger partial charge in [0, 0.05) is 22.6 Å². The van der Waals surface area contributed by atoms with Gasteiger partial charge in [-0.3, -0.25) is 4.79 Å². The first kappa shape index (κ1) is 18.9.